The van der Waals surface area contributed by atoms with Gasteiger partial charge in [-0.05, 0) is 22.4 Å². The van der Waals surface area contributed by atoms with Gasteiger partial charge >= 0.3 is 5.97 Å². The van der Waals surface area contributed by atoms with Crippen molar-refractivity contribution in [3.8, 4) is 0 Å². The Kier molecular flexibility index (Phi) is 3.87. The quantitative estimate of drug-likeness (QED) is 0.788. The molecule has 0 unspecified atom stereocenters. The van der Waals surface area contributed by atoms with E-state index < -0.39 is 0 Å². The van der Waals surface area contributed by atoms with Gasteiger partial charge in [-0.3, -0.25) is 0 Å². The van der Waals surface area contributed by atoms with Gasteiger partial charge in [0, 0.05) is 4.88 Å². The predicted molar refractivity (Wildman–Crippen MR) is 55.1 cm³/mol. The van der Waals surface area contributed by atoms with E-state index in [2.05, 4.69) is 32.6 Å². The molecule has 1 aromatic heterocycles. The molecule has 1 heterocycles. The number of aromatic nitrogens is 1. The van der Waals surface area contributed by atoms with Crippen molar-refractivity contribution in [1.82, 2.24) is 4.98 Å². The summed E-state index contributed by atoms with van der Waals surface area (Å²) < 4.78 is 5.35. The van der Waals surface area contributed by atoms with E-state index in [0.29, 0.717) is 5.69 Å². The topological polar surface area (TPSA) is 39.2 Å². The molecule has 13 heavy (non-hydrogen) atoms. The minimum Gasteiger partial charge on any atom is -0.464 e. The molecule has 0 saturated carbocycles. The summed E-state index contributed by atoms with van der Waals surface area (Å²) in [6.45, 7) is 2.06. The highest BCUT2D eigenvalue weighted by atomic mass is 79.9. The summed E-state index contributed by atoms with van der Waals surface area (Å²) in [5.41, 5.74) is 0.446. The van der Waals surface area contributed by atoms with Gasteiger partial charge in [0.15, 0.2) is 9.61 Å². The third kappa shape index (κ3) is 2.51. The van der Waals surface area contributed by atoms with Gasteiger partial charge in [0.05, 0.1) is 7.11 Å². The summed E-state index contributed by atoms with van der Waals surface area (Å²) >= 11 is 4.74. The highest BCUT2D eigenvalue weighted by molar-refractivity contribution is 9.11. The Morgan fingerprint density at radius 1 is 1.69 bits per heavy atom. The molecule has 0 atom stereocenters. The van der Waals surface area contributed by atoms with Gasteiger partial charge in [0.25, 0.3) is 0 Å². The number of methoxy groups -OCH3 is 1. The van der Waals surface area contributed by atoms with Crippen LogP contribution in [0.2, 0.25) is 0 Å². The van der Waals surface area contributed by atoms with Gasteiger partial charge in [-0.25, -0.2) is 9.78 Å². The van der Waals surface area contributed by atoms with Crippen molar-refractivity contribution >= 4 is 33.2 Å². The summed E-state index contributed by atoms with van der Waals surface area (Å²) in [5, 5.41) is 0. The molecule has 0 fully saturated rings. The molecule has 0 radical (unpaired) electrons. The molecule has 0 spiro atoms. The number of nitrogens with zero attached hydrogens (tertiary/aromatic N) is 1. The first-order valence-electron chi connectivity index (χ1n) is 3.92. The molecule has 0 saturated heterocycles. The molecule has 1 aromatic rings. The highest BCUT2D eigenvalue weighted by Gasteiger charge is 2.16. The van der Waals surface area contributed by atoms with Crippen LogP contribution in [0.25, 0.3) is 0 Å². The van der Waals surface area contributed by atoms with E-state index in [1.54, 1.807) is 0 Å². The van der Waals surface area contributed by atoms with Crippen molar-refractivity contribution in [3.05, 3.63) is 14.5 Å². The van der Waals surface area contributed by atoms with E-state index in [-0.39, 0.29) is 5.97 Å². The Morgan fingerprint density at radius 3 is 2.92 bits per heavy atom. The zero-order valence-corrected chi connectivity index (χ0v) is 9.87. The second-order valence-electron chi connectivity index (χ2n) is 2.48. The van der Waals surface area contributed by atoms with Gasteiger partial charge in [-0.15, -0.1) is 11.3 Å². The lowest BCUT2D eigenvalue weighted by Gasteiger charge is -1.97. The number of rotatable bonds is 3. The van der Waals surface area contributed by atoms with Crippen molar-refractivity contribution in [1.29, 1.82) is 0 Å². The number of ether oxygens (including phenoxy) is 1. The predicted octanol–water partition coefficient (Wildman–Crippen LogP) is 2.64. The first-order chi connectivity index (χ1) is 6.19. The van der Waals surface area contributed by atoms with Gasteiger partial charge in [-0.2, -0.15) is 0 Å². The Hall–Kier alpha value is -0.420. The maximum atomic E-state index is 11.2. The van der Waals surface area contributed by atoms with Gasteiger partial charge in [0.1, 0.15) is 0 Å². The molecule has 0 aliphatic carbocycles. The maximum absolute atomic E-state index is 11.2. The van der Waals surface area contributed by atoms with Crippen molar-refractivity contribution in [2.75, 3.05) is 7.11 Å². The first kappa shape index (κ1) is 10.7. The molecule has 1 rings (SSSR count). The average Bonchev–Trinajstić information content (AvgIpc) is 2.46. The SMILES string of the molecule is CCCc1sc(Br)nc1C(=O)OC. The number of carbonyl (C=O) groups is 1. The van der Waals surface area contributed by atoms with Crippen LogP contribution >= 0.6 is 27.3 Å². The molecule has 0 aliphatic heterocycles. The smallest absolute Gasteiger partial charge is 0.357 e. The van der Waals surface area contributed by atoms with Crippen LogP contribution in [0.4, 0.5) is 0 Å². The van der Waals surface area contributed by atoms with Gasteiger partial charge in [0.2, 0.25) is 0 Å². The van der Waals surface area contributed by atoms with E-state index in [1.807, 2.05) is 0 Å². The molecule has 3 nitrogen and oxygen atoms in total. The van der Waals surface area contributed by atoms with Gasteiger partial charge in [-0.1, -0.05) is 13.3 Å². The zero-order valence-electron chi connectivity index (χ0n) is 7.46. The van der Waals surface area contributed by atoms with Crippen LogP contribution in [-0.4, -0.2) is 18.1 Å². The third-order valence-corrected chi connectivity index (χ3v) is 3.09. The summed E-state index contributed by atoms with van der Waals surface area (Å²) in [7, 11) is 1.37. The normalized spacial score (nSPS) is 10.1. The molecular formula is C8H10BrNO2S. The number of hydrogen-bond acceptors (Lipinski definition) is 4. The third-order valence-electron chi connectivity index (χ3n) is 1.53. The standard InChI is InChI=1S/C8H10BrNO2S/c1-3-4-5-6(7(11)12-2)10-8(9)13-5/h3-4H2,1-2H3. The summed E-state index contributed by atoms with van der Waals surface area (Å²) in [6.07, 6.45) is 1.87. The molecular weight excluding hydrogens is 254 g/mol. The maximum Gasteiger partial charge on any atom is 0.357 e. The fourth-order valence-electron chi connectivity index (χ4n) is 0.976. The van der Waals surface area contributed by atoms with Crippen LogP contribution in [0, 0.1) is 0 Å². The van der Waals surface area contributed by atoms with Crippen LogP contribution in [0.1, 0.15) is 28.7 Å². The zero-order chi connectivity index (χ0) is 9.84. The summed E-state index contributed by atoms with van der Waals surface area (Å²) in [4.78, 5) is 16.3. The van der Waals surface area contributed by atoms with Crippen molar-refractivity contribution in [2.24, 2.45) is 0 Å². The highest BCUT2D eigenvalue weighted by Crippen LogP contribution is 2.24. The lowest BCUT2D eigenvalue weighted by molar-refractivity contribution is 0.0593. The van der Waals surface area contributed by atoms with Crippen molar-refractivity contribution < 1.29 is 9.53 Å². The molecule has 0 bridgehead atoms. The Morgan fingerprint density at radius 2 is 2.38 bits per heavy atom. The summed E-state index contributed by atoms with van der Waals surface area (Å²) in [5.74, 6) is -0.356. The second kappa shape index (κ2) is 4.72. The Bertz CT molecular complexity index is 311. The molecule has 72 valence electrons. The van der Waals surface area contributed by atoms with E-state index in [0.717, 1.165) is 21.6 Å². The van der Waals surface area contributed by atoms with Crippen LogP contribution in [0.5, 0.6) is 0 Å². The number of halogens is 1. The average molecular weight is 264 g/mol. The number of carbonyl (C=O) groups excluding carboxylic acids is 1. The minimum absolute atomic E-state index is 0.356. The van der Waals surface area contributed by atoms with Crippen LogP contribution in [0.15, 0.2) is 3.92 Å². The number of hydrogen-bond donors (Lipinski definition) is 0. The molecule has 5 heteroatoms. The Labute approximate surface area is 89.3 Å². The molecule has 0 aliphatic rings. The molecule has 0 N–H and O–H groups in total. The van der Waals surface area contributed by atoms with Gasteiger partial charge < -0.3 is 4.74 Å². The fraction of sp³-hybridized carbons (Fsp3) is 0.500. The molecule has 0 amide bonds. The first-order valence-corrected chi connectivity index (χ1v) is 5.53. The monoisotopic (exact) mass is 263 g/mol. The van der Waals surface area contributed by atoms with Crippen molar-refractivity contribution in [3.63, 3.8) is 0 Å². The largest absolute Gasteiger partial charge is 0.464 e. The number of aryl methyl sites for hydroxylation is 1. The van der Waals surface area contributed by atoms with E-state index >= 15 is 0 Å². The fourth-order valence-corrected chi connectivity index (χ4v) is 2.61. The van der Waals surface area contributed by atoms with Crippen LogP contribution < -0.4 is 0 Å². The molecule has 0 aromatic carbocycles. The van der Waals surface area contributed by atoms with Crippen molar-refractivity contribution in [2.45, 2.75) is 19.8 Å². The van der Waals surface area contributed by atoms with E-state index in [4.69, 9.17) is 0 Å². The summed E-state index contributed by atoms with van der Waals surface area (Å²) in [6, 6.07) is 0. The lowest BCUT2D eigenvalue weighted by Crippen LogP contribution is -2.04. The van der Waals surface area contributed by atoms with Crippen LogP contribution in [-0.2, 0) is 11.2 Å². The Balaban J connectivity index is 2.96. The van der Waals surface area contributed by atoms with E-state index in [9.17, 15) is 4.79 Å². The van der Waals surface area contributed by atoms with E-state index in [1.165, 1.54) is 18.4 Å². The van der Waals surface area contributed by atoms with Crippen LogP contribution in [0.3, 0.4) is 0 Å². The minimum atomic E-state index is -0.356. The number of thiazole rings is 1. The second-order valence-corrected chi connectivity index (χ2v) is 4.84. The lowest BCUT2D eigenvalue weighted by atomic mass is 10.2. The number of esters is 1.